The third-order valence-corrected chi connectivity index (χ3v) is 4.14. The molecule has 2 rings (SSSR count). The van der Waals surface area contributed by atoms with Gasteiger partial charge in [0.1, 0.15) is 0 Å². The Morgan fingerprint density at radius 3 is 2.48 bits per heavy atom. The summed E-state index contributed by atoms with van der Waals surface area (Å²) < 4.78 is 0. The van der Waals surface area contributed by atoms with Crippen molar-refractivity contribution in [2.45, 2.75) is 57.5 Å². The molecule has 0 aromatic heterocycles. The van der Waals surface area contributed by atoms with Gasteiger partial charge in [-0.25, -0.2) is 4.79 Å². The van der Waals surface area contributed by atoms with E-state index in [9.17, 15) is 9.59 Å². The molecule has 0 radical (unpaired) electrons. The predicted octanol–water partition coefficient (Wildman–Crippen LogP) is 2.71. The van der Waals surface area contributed by atoms with Crippen molar-refractivity contribution in [3.8, 4) is 0 Å². The van der Waals surface area contributed by atoms with E-state index in [-0.39, 0.29) is 11.9 Å². The van der Waals surface area contributed by atoms with Crippen LogP contribution in [0.3, 0.4) is 0 Å². The Bertz CT molecular complexity index is 484. The van der Waals surface area contributed by atoms with Crippen LogP contribution < -0.4 is 16.0 Å². The van der Waals surface area contributed by atoms with Gasteiger partial charge >= 0.3 is 6.03 Å². The van der Waals surface area contributed by atoms with Gasteiger partial charge in [0.15, 0.2) is 0 Å². The van der Waals surface area contributed by atoms with Crippen molar-refractivity contribution in [2.75, 3.05) is 6.54 Å². The molecule has 3 amide bonds. The van der Waals surface area contributed by atoms with E-state index in [4.69, 9.17) is 0 Å². The van der Waals surface area contributed by atoms with Crippen LogP contribution in [0.4, 0.5) is 4.79 Å². The van der Waals surface area contributed by atoms with E-state index in [2.05, 4.69) is 16.0 Å². The zero-order valence-electron chi connectivity index (χ0n) is 13.6. The van der Waals surface area contributed by atoms with Crippen LogP contribution >= 0.6 is 0 Å². The van der Waals surface area contributed by atoms with Crippen LogP contribution in [0.25, 0.3) is 0 Å². The molecule has 0 heterocycles. The molecule has 0 aliphatic heterocycles. The molecule has 126 valence electrons. The fourth-order valence-electron chi connectivity index (χ4n) is 2.82. The van der Waals surface area contributed by atoms with Crippen LogP contribution in [0.5, 0.6) is 0 Å². The summed E-state index contributed by atoms with van der Waals surface area (Å²) in [5.74, 6) is 0.0170. The minimum Gasteiger partial charge on any atom is -0.352 e. The maximum absolute atomic E-state index is 11.7. The molecule has 1 saturated carbocycles. The van der Waals surface area contributed by atoms with E-state index in [1.165, 1.54) is 19.3 Å². The lowest BCUT2D eigenvalue weighted by molar-refractivity contribution is -0.121. The minimum absolute atomic E-state index is 0.0170. The number of rotatable bonds is 7. The number of amides is 3. The van der Waals surface area contributed by atoms with Crippen molar-refractivity contribution >= 4 is 11.9 Å². The largest absolute Gasteiger partial charge is 0.352 e. The maximum atomic E-state index is 11.7. The van der Waals surface area contributed by atoms with E-state index in [1.807, 2.05) is 30.3 Å². The molecular weight excluding hydrogens is 290 g/mol. The number of carbonyl (C=O) groups excluding carboxylic acids is 2. The molecule has 0 bridgehead atoms. The zero-order valence-corrected chi connectivity index (χ0v) is 13.6. The Morgan fingerprint density at radius 1 is 1.00 bits per heavy atom. The quantitative estimate of drug-likeness (QED) is 0.677. The lowest BCUT2D eigenvalue weighted by Crippen LogP contribution is -2.43. The molecular formula is C18H27N3O2. The van der Waals surface area contributed by atoms with Gasteiger partial charge in [0, 0.05) is 25.6 Å². The van der Waals surface area contributed by atoms with Gasteiger partial charge in [-0.05, 0) is 24.8 Å². The first-order valence-electron chi connectivity index (χ1n) is 8.59. The number of urea groups is 1. The van der Waals surface area contributed by atoms with Crippen LogP contribution in [0.15, 0.2) is 30.3 Å². The summed E-state index contributed by atoms with van der Waals surface area (Å²) in [7, 11) is 0. The van der Waals surface area contributed by atoms with Crippen molar-refractivity contribution in [1.82, 2.24) is 16.0 Å². The lowest BCUT2D eigenvalue weighted by atomic mass is 9.96. The molecule has 1 fully saturated rings. The Kier molecular flexibility index (Phi) is 7.43. The van der Waals surface area contributed by atoms with Crippen molar-refractivity contribution in [3.63, 3.8) is 0 Å². The number of benzene rings is 1. The highest BCUT2D eigenvalue weighted by Gasteiger charge is 2.15. The van der Waals surface area contributed by atoms with Crippen molar-refractivity contribution in [2.24, 2.45) is 0 Å². The second-order valence-corrected chi connectivity index (χ2v) is 6.10. The Hall–Kier alpha value is -2.04. The van der Waals surface area contributed by atoms with Gasteiger partial charge in [-0.2, -0.15) is 0 Å². The summed E-state index contributed by atoms with van der Waals surface area (Å²) in [5.41, 5.74) is 1.09. The summed E-state index contributed by atoms with van der Waals surface area (Å²) >= 11 is 0. The number of carbonyl (C=O) groups is 2. The zero-order chi connectivity index (χ0) is 16.3. The topological polar surface area (TPSA) is 70.2 Å². The van der Waals surface area contributed by atoms with Gasteiger partial charge in [-0.3, -0.25) is 4.79 Å². The number of hydrogen-bond acceptors (Lipinski definition) is 2. The normalized spacial score (nSPS) is 15.0. The summed E-state index contributed by atoms with van der Waals surface area (Å²) in [6, 6.07) is 10.0. The summed E-state index contributed by atoms with van der Waals surface area (Å²) in [6.45, 7) is 1.08. The molecule has 23 heavy (non-hydrogen) atoms. The first kappa shape index (κ1) is 17.3. The van der Waals surface area contributed by atoms with Crippen LogP contribution in [-0.4, -0.2) is 24.5 Å². The highest BCUT2D eigenvalue weighted by atomic mass is 16.2. The van der Waals surface area contributed by atoms with E-state index in [0.717, 1.165) is 18.4 Å². The fourth-order valence-corrected chi connectivity index (χ4v) is 2.82. The molecule has 0 spiro atoms. The Morgan fingerprint density at radius 2 is 1.74 bits per heavy atom. The van der Waals surface area contributed by atoms with E-state index in [1.54, 1.807) is 0 Å². The van der Waals surface area contributed by atoms with E-state index < -0.39 is 0 Å². The summed E-state index contributed by atoms with van der Waals surface area (Å²) in [4.78, 5) is 23.5. The predicted molar refractivity (Wildman–Crippen MR) is 90.9 cm³/mol. The van der Waals surface area contributed by atoms with Gasteiger partial charge in [0.05, 0.1) is 0 Å². The molecule has 1 aromatic carbocycles. The molecule has 1 aliphatic rings. The van der Waals surface area contributed by atoms with Gasteiger partial charge < -0.3 is 16.0 Å². The Labute approximate surface area is 138 Å². The maximum Gasteiger partial charge on any atom is 0.315 e. The van der Waals surface area contributed by atoms with Crippen LogP contribution in [0.2, 0.25) is 0 Å². The van der Waals surface area contributed by atoms with Crippen LogP contribution in [0.1, 0.15) is 50.5 Å². The number of hydrogen-bond donors (Lipinski definition) is 3. The minimum atomic E-state index is -0.110. The molecule has 0 atom stereocenters. The third kappa shape index (κ3) is 7.17. The van der Waals surface area contributed by atoms with Crippen LogP contribution in [-0.2, 0) is 11.3 Å². The molecule has 1 aromatic rings. The van der Waals surface area contributed by atoms with Gasteiger partial charge in [0.2, 0.25) is 5.91 Å². The Balaban J connectivity index is 1.50. The smallest absolute Gasteiger partial charge is 0.315 e. The van der Waals surface area contributed by atoms with Gasteiger partial charge in [-0.1, -0.05) is 49.6 Å². The lowest BCUT2D eigenvalue weighted by Gasteiger charge is -2.22. The fraction of sp³-hybridized carbons (Fsp3) is 0.556. The average Bonchev–Trinajstić information content (AvgIpc) is 2.59. The summed E-state index contributed by atoms with van der Waals surface area (Å²) in [6.07, 6.45) is 6.91. The van der Waals surface area contributed by atoms with Gasteiger partial charge in [-0.15, -0.1) is 0 Å². The van der Waals surface area contributed by atoms with Crippen molar-refractivity contribution in [1.29, 1.82) is 0 Å². The first-order valence-corrected chi connectivity index (χ1v) is 8.59. The molecule has 0 saturated heterocycles. The van der Waals surface area contributed by atoms with Crippen molar-refractivity contribution < 1.29 is 9.59 Å². The molecule has 5 nitrogen and oxygen atoms in total. The number of nitrogens with one attached hydrogen (secondary N) is 3. The molecule has 1 aliphatic carbocycles. The average molecular weight is 317 g/mol. The van der Waals surface area contributed by atoms with E-state index >= 15 is 0 Å². The standard InChI is InChI=1S/C18H27N3O2/c22-17(20-14-15-8-3-1-4-9-15)12-7-13-19-18(23)21-16-10-5-2-6-11-16/h1,3-4,8-9,16H,2,5-7,10-14H2,(H,20,22)(H2,19,21,23). The van der Waals surface area contributed by atoms with Crippen LogP contribution in [0, 0.1) is 0 Å². The highest BCUT2D eigenvalue weighted by Crippen LogP contribution is 2.17. The molecule has 0 unspecified atom stereocenters. The second kappa shape index (κ2) is 9.87. The van der Waals surface area contributed by atoms with E-state index in [0.29, 0.717) is 32.0 Å². The molecule has 5 heteroatoms. The second-order valence-electron chi connectivity index (χ2n) is 6.10. The van der Waals surface area contributed by atoms with Gasteiger partial charge in [0.25, 0.3) is 0 Å². The van der Waals surface area contributed by atoms with Crippen molar-refractivity contribution in [3.05, 3.63) is 35.9 Å². The first-order chi connectivity index (χ1) is 11.2. The monoisotopic (exact) mass is 317 g/mol. The summed E-state index contributed by atoms with van der Waals surface area (Å²) in [5, 5.41) is 8.72. The third-order valence-electron chi connectivity index (χ3n) is 4.14. The SMILES string of the molecule is O=C(CCCNC(=O)NC1CCCCC1)NCc1ccccc1. The molecule has 3 N–H and O–H groups in total. The highest BCUT2D eigenvalue weighted by molar-refractivity contribution is 5.76.